The zero-order chi connectivity index (χ0) is 22.4. The number of rotatable bonds is 6. The summed E-state index contributed by atoms with van der Waals surface area (Å²) < 4.78 is 27.4. The summed E-state index contributed by atoms with van der Waals surface area (Å²) in [7, 11) is -3.86. The first-order valence-corrected chi connectivity index (χ1v) is 11.1. The van der Waals surface area contributed by atoms with Gasteiger partial charge in [0.05, 0.1) is 16.3 Å². The van der Waals surface area contributed by atoms with Gasteiger partial charge in [0, 0.05) is 18.1 Å². The Hall–Kier alpha value is -4.24. The van der Waals surface area contributed by atoms with Crippen LogP contribution in [0.15, 0.2) is 108 Å². The van der Waals surface area contributed by atoms with Gasteiger partial charge in [-0.2, -0.15) is 0 Å². The zero-order valence-electron chi connectivity index (χ0n) is 16.8. The normalized spacial score (nSPS) is 10.9. The molecule has 0 aliphatic heterocycles. The third-order valence-electron chi connectivity index (χ3n) is 4.44. The first kappa shape index (κ1) is 21.0. The molecule has 0 unspecified atom stereocenters. The van der Waals surface area contributed by atoms with E-state index in [9.17, 15) is 13.2 Å². The van der Waals surface area contributed by atoms with Crippen molar-refractivity contribution in [3.05, 3.63) is 103 Å². The van der Waals surface area contributed by atoms with E-state index in [1.807, 2.05) is 60.7 Å². The fourth-order valence-corrected chi connectivity index (χ4v) is 3.92. The van der Waals surface area contributed by atoms with Gasteiger partial charge in [-0.25, -0.2) is 27.9 Å². The highest BCUT2D eigenvalue weighted by Gasteiger charge is 2.19. The van der Waals surface area contributed by atoms with E-state index < -0.39 is 10.0 Å². The molecule has 1 heterocycles. The molecule has 0 saturated carbocycles. The highest BCUT2D eigenvalue weighted by molar-refractivity contribution is 7.92. The van der Waals surface area contributed by atoms with Crippen molar-refractivity contribution < 1.29 is 13.2 Å². The van der Waals surface area contributed by atoms with E-state index in [0.29, 0.717) is 17.1 Å². The number of amides is 2. The van der Waals surface area contributed by atoms with Crippen LogP contribution in [0.5, 0.6) is 0 Å². The molecule has 0 aliphatic rings. The summed E-state index contributed by atoms with van der Waals surface area (Å²) in [6, 6.07) is 25.5. The van der Waals surface area contributed by atoms with Crippen molar-refractivity contribution in [3.63, 3.8) is 0 Å². The fraction of sp³-hybridized carbons (Fsp3) is 0. The number of nitrogens with one attached hydrogen (secondary N) is 2. The summed E-state index contributed by atoms with van der Waals surface area (Å²) in [5, 5.41) is 2.81. The Morgan fingerprint density at radius 1 is 0.719 bits per heavy atom. The van der Waals surface area contributed by atoms with Gasteiger partial charge in [-0.1, -0.05) is 36.4 Å². The van der Waals surface area contributed by atoms with E-state index in [4.69, 9.17) is 0 Å². The molecule has 0 fully saturated rings. The molecule has 0 saturated heterocycles. The number of carbonyl (C=O) groups is 1. The van der Waals surface area contributed by atoms with Crippen molar-refractivity contribution in [2.75, 3.05) is 14.9 Å². The van der Waals surface area contributed by atoms with Gasteiger partial charge in [-0.15, -0.1) is 0 Å². The predicted molar refractivity (Wildman–Crippen MR) is 123 cm³/mol. The van der Waals surface area contributed by atoms with Gasteiger partial charge in [0.1, 0.15) is 0 Å². The molecule has 0 radical (unpaired) electrons. The number of urea groups is 1. The van der Waals surface area contributed by atoms with Gasteiger partial charge in [0.2, 0.25) is 5.95 Å². The summed E-state index contributed by atoms with van der Waals surface area (Å²) in [4.78, 5) is 22.4. The maximum absolute atomic E-state index is 13.1. The molecule has 32 heavy (non-hydrogen) atoms. The highest BCUT2D eigenvalue weighted by Crippen LogP contribution is 2.26. The predicted octanol–water partition coefficient (Wildman–Crippen LogP) is 4.65. The molecular formula is C23H19N5O3S. The number of aromatic nitrogens is 2. The lowest BCUT2D eigenvalue weighted by atomic mass is 10.2. The van der Waals surface area contributed by atoms with Gasteiger partial charge < -0.3 is 5.32 Å². The number of para-hydroxylation sites is 2. The first-order valence-electron chi connectivity index (χ1n) is 9.64. The summed E-state index contributed by atoms with van der Waals surface area (Å²) >= 11 is 0. The van der Waals surface area contributed by atoms with Crippen molar-refractivity contribution in [1.82, 2.24) is 9.97 Å². The van der Waals surface area contributed by atoms with Crippen LogP contribution in [0.4, 0.5) is 27.8 Å². The standard InChI is InChI=1S/C23H19N5O3S/c29-23(28(19-8-3-1-4-9-19)20-10-5-2-6-11-20)26-18-12-14-21(15-13-18)32(30,31)27-22-24-16-7-17-25-22/h1-17H,(H,26,29)(H,24,25,27). The van der Waals surface area contributed by atoms with E-state index in [-0.39, 0.29) is 16.9 Å². The summed E-state index contributed by atoms with van der Waals surface area (Å²) in [5.41, 5.74) is 1.84. The molecule has 0 atom stereocenters. The van der Waals surface area contributed by atoms with Crippen LogP contribution in [-0.2, 0) is 10.0 Å². The van der Waals surface area contributed by atoms with Crippen molar-refractivity contribution in [2.45, 2.75) is 4.90 Å². The van der Waals surface area contributed by atoms with E-state index in [0.717, 1.165) is 0 Å². The Morgan fingerprint density at radius 3 is 1.78 bits per heavy atom. The quantitative estimate of drug-likeness (QED) is 0.450. The topological polar surface area (TPSA) is 104 Å². The molecule has 0 bridgehead atoms. The van der Waals surface area contributed by atoms with Crippen LogP contribution >= 0.6 is 0 Å². The summed E-state index contributed by atoms with van der Waals surface area (Å²) in [5.74, 6) is -0.0220. The third kappa shape index (κ3) is 4.90. The van der Waals surface area contributed by atoms with Gasteiger partial charge in [0.25, 0.3) is 10.0 Å². The van der Waals surface area contributed by atoms with Crippen LogP contribution in [0.3, 0.4) is 0 Å². The molecule has 9 heteroatoms. The van der Waals surface area contributed by atoms with Crippen LogP contribution in [-0.4, -0.2) is 24.4 Å². The summed E-state index contributed by atoms with van der Waals surface area (Å²) in [6.07, 6.45) is 2.88. The van der Waals surface area contributed by atoms with Crippen molar-refractivity contribution in [1.29, 1.82) is 0 Å². The molecule has 0 spiro atoms. The Labute approximate surface area is 185 Å². The minimum atomic E-state index is -3.86. The van der Waals surface area contributed by atoms with Crippen LogP contribution < -0.4 is 14.9 Å². The van der Waals surface area contributed by atoms with Crippen LogP contribution in [0, 0.1) is 0 Å². The molecule has 0 aliphatic carbocycles. The largest absolute Gasteiger partial charge is 0.330 e. The van der Waals surface area contributed by atoms with Crippen LogP contribution in [0.25, 0.3) is 0 Å². The zero-order valence-corrected chi connectivity index (χ0v) is 17.6. The minimum absolute atomic E-state index is 0.0194. The lowest BCUT2D eigenvalue weighted by molar-refractivity contribution is 0.259. The van der Waals surface area contributed by atoms with Crippen LogP contribution in [0.1, 0.15) is 0 Å². The monoisotopic (exact) mass is 445 g/mol. The van der Waals surface area contributed by atoms with Crippen LogP contribution in [0.2, 0.25) is 0 Å². The lowest BCUT2D eigenvalue weighted by Gasteiger charge is -2.23. The Balaban J connectivity index is 1.54. The first-order chi connectivity index (χ1) is 15.5. The second kappa shape index (κ2) is 9.27. The molecule has 8 nitrogen and oxygen atoms in total. The minimum Gasteiger partial charge on any atom is -0.307 e. The molecule has 160 valence electrons. The van der Waals surface area contributed by atoms with Gasteiger partial charge in [0.15, 0.2) is 0 Å². The molecule has 2 N–H and O–H groups in total. The van der Waals surface area contributed by atoms with E-state index in [1.165, 1.54) is 36.7 Å². The number of anilines is 4. The number of sulfonamides is 1. The molecule has 3 aromatic carbocycles. The average molecular weight is 446 g/mol. The number of benzene rings is 3. The lowest BCUT2D eigenvalue weighted by Crippen LogP contribution is -2.30. The molecule has 2 amide bonds. The number of hydrogen-bond acceptors (Lipinski definition) is 5. The van der Waals surface area contributed by atoms with Gasteiger partial charge >= 0.3 is 6.03 Å². The Morgan fingerprint density at radius 2 is 1.25 bits per heavy atom. The molecular weight excluding hydrogens is 426 g/mol. The SMILES string of the molecule is O=C(Nc1ccc(S(=O)(=O)Nc2ncccn2)cc1)N(c1ccccc1)c1ccccc1. The molecule has 4 rings (SSSR count). The molecule has 1 aromatic heterocycles. The Kier molecular flexibility index (Phi) is 6.09. The van der Waals surface area contributed by atoms with E-state index in [2.05, 4.69) is 20.0 Å². The van der Waals surface area contributed by atoms with Gasteiger partial charge in [-0.05, 0) is 54.6 Å². The maximum Gasteiger partial charge on any atom is 0.330 e. The second-order valence-electron chi connectivity index (χ2n) is 6.64. The number of nitrogens with zero attached hydrogens (tertiary/aromatic N) is 3. The third-order valence-corrected chi connectivity index (χ3v) is 5.78. The van der Waals surface area contributed by atoms with Crippen molar-refractivity contribution in [3.8, 4) is 0 Å². The molecule has 4 aromatic rings. The Bertz CT molecular complexity index is 1240. The number of carbonyl (C=O) groups excluding carboxylic acids is 1. The average Bonchev–Trinajstić information content (AvgIpc) is 2.81. The fourth-order valence-electron chi connectivity index (χ4n) is 2.97. The van der Waals surface area contributed by atoms with Crippen molar-refractivity contribution in [2.24, 2.45) is 0 Å². The number of hydrogen-bond donors (Lipinski definition) is 2. The van der Waals surface area contributed by atoms with Gasteiger partial charge in [-0.3, -0.25) is 4.90 Å². The van der Waals surface area contributed by atoms with E-state index >= 15 is 0 Å². The maximum atomic E-state index is 13.1. The second-order valence-corrected chi connectivity index (χ2v) is 8.32. The van der Waals surface area contributed by atoms with E-state index in [1.54, 1.807) is 11.0 Å². The smallest absolute Gasteiger partial charge is 0.307 e. The summed E-state index contributed by atoms with van der Waals surface area (Å²) in [6.45, 7) is 0. The van der Waals surface area contributed by atoms with Crippen molar-refractivity contribution >= 4 is 39.1 Å². The highest BCUT2D eigenvalue weighted by atomic mass is 32.2.